The molecule has 1 aromatic heterocycles. The largest absolute Gasteiger partial charge is 0.401 e. The molecular weight excluding hydrogens is 468 g/mol. The number of aliphatic imine (C=N–C) groups is 1. The Morgan fingerprint density at radius 3 is 2.60 bits per heavy atom. The van der Waals surface area contributed by atoms with Crippen LogP contribution in [0.1, 0.15) is 6.42 Å². The van der Waals surface area contributed by atoms with E-state index in [9.17, 15) is 13.2 Å². The van der Waals surface area contributed by atoms with Crippen LogP contribution in [0.3, 0.4) is 0 Å². The monoisotopic (exact) mass is 492 g/mol. The number of thiazole rings is 1. The van der Waals surface area contributed by atoms with E-state index in [1.807, 2.05) is 10.3 Å². The van der Waals surface area contributed by atoms with Crippen LogP contribution in [0.15, 0.2) is 16.6 Å². The zero-order valence-electron chi connectivity index (χ0n) is 14.1. The second-order valence-corrected chi connectivity index (χ2v) is 6.61. The summed E-state index contributed by atoms with van der Waals surface area (Å²) in [6, 6.07) is 0. The van der Waals surface area contributed by atoms with E-state index in [0.29, 0.717) is 25.5 Å². The summed E-state index contributed by atoms with van der Waals surface area (Å²) in [6.07, 6.45) is -1.82. The Bertz CT molecular complexity index is 517. The lowest BCUT2D eigenvalue weighted by atomic mass is 10.3. The molecule has 0 aliphatic carbocycles. The average Bonchev–Trinajstić information content (AvgIpc) is 3.04. The van der Waals surface area contributed by atoms with Gasteiger partial charge in [0.1, 0.15) is 0 Å². The summed E-state index contributed by atoms with van der Waals surface area (Å²) in [6.45, 7) is 3.07. The van der Waals surface area contributed by atoms with E-state index in [2.05, 4.69) is 14.9 Å². The standard InChI is InChI=1S/C14H23F3N6S.HI/c1-21(11-14(15,16)17)5-2-3-19-12(18)22-6-8-23(9-7-22)13-20-4-10-24-13;/h4,10H,2-3,5-9,11H2,1H3,(H2,18,19);1H. The van der Waals surface area contributed by atoms with Gasteiger partial charge in [0.2, 0.25) is 0 Å². The Labute approximate surface area is 166 Å². The van der Waals surface area contributed by atoms with Crippen LogP contribution in [0.2, 0.25) is 0 Å². The van der Waals surface area contributed by atoms with Gasteiger partial charge in [0.25, 0.3) is 0 Å². The van der Waals surface area contributed by atoms with E-state index < -0.39 is 12.7 Å². The number of alkyl halides is 3. The molecular formula is C14H24F3IN6S. The lowest BCUT2D eigenvalue weighted by Gasteiger charge is -2.35. The van der Waals surface area contributed by atoms with Gasteiger partial charge in [-0.25, -0.2) is 4.98 Å². The molecule has 0 atom stereocenters. The smallest absolute Gasteiger partial charge is 0.370 e. The molecule has 144 valence electrons. The highest BCUT2D eigenvalue weighted by Gasteiger charge is 2.28. The van der Waals surface area contributed by atoms with Crippen molar-refractivity contribution in [2.75, 3.05) is 57.8 Å². The van der Waals surface area contributed by atoms with E-state index in [-0.39, 0.29) is 24.0 Å². The van der Waals surface area contributed by atoms with Crippen molar-refractivity contribution in [2.45, 2.75) is 12.6 Å². The molecule has 11 heteroatoms. The van der Waals surface area contributed by atoms with Crippen LogP contribution >= 0.6 is 35.3 Å². The van der Waals surface area contributed by atoms with E-state index in [0.717, 1.165) is 31.3 Å². The normalized spacial score (nSPS) is 16.3. The highest BCUT2D eigenvalue weighted by Crippen LogP contribution is 2.18. The van der Waals surface area contributed by atoms with Crippen LogP contribution in [0.25, 0.3) is 0 Å². The summed E-state index contributed by atoms with van der Waals surface area (Å²) in [5.41, 5.74) is 5.98. The molecule has 0 amide bonds. The first-order chi connectivity index (χ1) is 11.3. The van der Waals surface area contributed by atoms with Gasteiger partial charge in [-0.05, 0) is 20.0 Å². The molecule has 6 nitrogen and oxygen atoms in total. The summed E-state index contributed by atoms with van der Waals surface area (Å²) in [4.78, 5) is 14.0. The zero-order chi connectivity index (χ0) is 17.6. The highest BCUT2D eigenvalue weighted by atomic mass is 127. The van der Waals surface area contributed by atoms with E-state index in [4.69, 9.17) is 5.73 Å². The molecule has 0 spiro atoms. The van der Waals surface area contributed by atoms with Crippen molar-refractivity contribution >= 4 is 46.4 Å². The summed E-state index contributed by atoms with van der Waals surface area (Å²) in [5, 5.41) is 2.96. The molecule has 0 aromatic carbocycles. The first-order valence-electron chi connectivity index (χ1n) is 7.80. The molecule has 1 aliphatic rings. The van der Waals surface area contributed by atoms with Crippen molar-refractivity contribution < 1.29 is 13.2 Å². The minimum Gasteiger partial charge on any atom is -0.370 e. The Balaban J connectivity index is 0.00000312. The molecule has 0 saturated carbocycles. The number of rotatable bonds is 6. The van der Waals surface area contributed by atoms with Crippen molar-refractivity contribution in [3.63, 3.8) is 0 Å². The van der Waals surface area contributed by atoms with Crippen LogP contribution in [0.5, 0.6) is 0 Å². The van der Waals surface area contributed by atoms with Crippen LogP contribution in [0, 0.1) is 0 Å². The quantitative estimate of drug-likeness (QED) is 0.285. The number of hydrogen-bond donors (Lipinski definition) is 1. The number of aromatic nitrogens is 1. The maximum atomic E-state index is 12.2. The van der Waals surface area contributed by atoms with Gasteiger partial charge in [-0.1, -0.05) is 0 Å². The number of guanidine groups is 1. The molecule has 0 bridgehead atoms. The van der Waals surface area contributed by atoms with Gasteiger partial charge in [-0.2, -0.15) is 13.2 Å². The lowest BCUT2D eigenvalue weighted by molar-refractivity contribution is -0.143. The summed E-state index contributed by atoms with van der Waals surface area (Å²) in [7, 11) is 1.46. The summed E-state index contributed by atoms with van der Waals surface area (Å²) in [5.74, 6) is 0.465. The molecule has 2 heterocycles. The van der Waals surface area contributed by atoms with Gasteiger partial charge in [-0.3, -0.25) is 9.89 Å². The van der Waals surface area contributed by atoms with Crippen molar-refractivity contribution in [1.82, 2.24) is 14.8 Å². The van der Waals surface area contributed by atoms with Crippen LogP contribution in [0.4, 0.5) is 18.3 Å². The first kappa shape index (κ1) is 22.2. The molecule has 1 aliphatic heterocycles. The Kier molecular flexibility index (Phi) is 9.21. The average molecular weight is 492 g/mol. The van der Waals surface area contributed by atoms with Crippen LogP contribution < -0.4 is 10.6 Å². The Morgan fingerprint density at radius 2 is 2.04 bits per heavy atom. The van der Waals surface area contributed by atoms with E-state index in [1.165, 1.54) is 11.9 Å². The second-order valence-electron chi connectivity index (χ2n) is 5.74. The number of piperazine rings is 1. The van der Waals surface area contributed by atoms with Gasteiger partial charge in [-0.15, -0.1) is 35.3 Å². The summed E-state index contributed by atoms with van der Waals surface area (Å²) >= 11 is 1.61. The molecule has 2 rings (SSSR count). The predicted octanol–water partition coefficient (Wildman–Crippen LogP) is 2.08. The molecule has 0 radical (unpaired) electrons. The Hall–Kier alpha value is -0.820. The highest BCUT2D eigenvalue weighted by molar-refractivity contribution is 14.0. The third-order valence-electron chi connectivity index (χ3n) is 3.71. The molecule has 1 aromatic rings. The maximum absolute atomic E-state index is 12.2. The van der Waals surface area contributed by atoms with Crippen LogP contribution in [-0.2, 0) is 0 Å². The van der Waals surface area contributed by atoms with Gasteiger partial charge < -0.3 is 15.5 Å². The third kappa shape index (κ3) is 7.94. The van der Waals surface area contributed by atoms with Gasteiger partial charge >= 0.3 is 6.18 Å². The van der Waals surface area contributed by atoms with Crippen molar-refractivity contribution in [1.29, 1.82) is 0 Å². The number of anilines is 1. The Morgan fingerprint density at radius 1 is 1.36 bits per heavy atom. The zero-order valence-corrected chi connectivity index (χ0v) is 17.2. The molecule has 1 fully saturated rings. The van der Waals surface area contributed by atoms with Crippen molar-refractivity contribution in [2.24, 2.45) is 10.7 Å². The topological polar surface area (TPSA) is 61.0 Å². The fourth-order valence-corrected chi connectivity index (χ4v) is 3.22. The van der Waals surface area contributed by atoms with Crippen LogP contribution in [-0.4, -0.2) is 79.8 Å². The van der Waals surface area contributed by atoms with Gasteiger partial charge in [0.05, 0.1) is 6.54 Å². The number of hydrogen-bond acceptors (Lipinski definition) is 5. The first-order valence-corrected chi connectivity index (χ1v) is 8.68. The third-order valence-corrected chi connectivity index (χ3v) is 4.55. The number of nitrogens with two attached hydrogens (primary N) is 1. The summed E-state index contributed by atoms with van der Waals surface area (Å²) < 4.78 is 36.6. The maximum Gasteiger partial charge on any atom is 0.401 e. The minimum atomic E-state index is -4.16. The van der Waals surface area contributed by atoms with Gasteiger partial charge in [0.15, 0.2) is 11.1 Å². The molecule has 1 saturated heterocycles. The lowest BCUT2D eigenvalue weighted by Crippen LogP contribution is -2.51. The van der Waals surface area contributed by atoms with E-state index in [1.54, 1.807) is 17.5 Å². The molecule has 25 heavy (non-hydrogen) atoms. The van der Waals surface area contributed by atoms with Crippen molar-refractivity contribution in [3.8, 4) is 0 Å². The van der Waals surface area contributed by atoms with E-state index >= 15 is 0 Å². The second kappa shape index (κ2) is 10.4. The fourth-order valence-electron chi connectivity index (χ4n) is 2.52. The number of halogens is 4. The SMILES string of the molecule is CN(CCCN=C(N)N1CCN(c2nccs2)CC1)CC(F)(F)F.I. The predicted molar refractivity (Wildman–Crippen MR) is 106 cm³/mol. The number of nitrogens with zero attached hydrogens (tertiary/aromatic N) is 5. The van der Waals surface area contributed by atoms with Crippen molar-refractivity contribution in [3.05, 3.63) is 11.6 Å². The minimum absolute atomic E-state index is 0. The molecule has 2 N–H and O–H groups in total. The van der Waals surface area contributed by atoms with Gasteiger partial charge in [0, 0.05) is 44.3 Å². The molecule has 0 unspecified atom stereocenters. The fraction of sp³-hybridized carbons (Fsp3) is 0.714.